The summed E-state index contributed by atoms with van der Waals surface area (Å²) in [7, 11) is 1.84. The lowest BCUT2D eigenvalue weighted by molar-refractivity contribution is -0.0110. The van der Waals surface area contributed by atoms with Crippen molar-refractivity contribution in [2.75, 3.05) is 32.9 Å². The fourth-order valence-corrected chi connectivity index (χ4v) is 4.27. The number of nitrogens with zero attached hydrogens (tertiary/aromatic N) is 4. The Kier molecular flexibility index (Phi) is 5.43. The van der Waals surface area contributed by atoms with Crippen LogP contribution in [0.2, 0.25) is 0 Å². The molecule has 1 fully saturated rings. The molecule has 0 radical (unpaired) electrons. The van der Waals surface area contributed by atoms with Crippen molar-refractivity contribution < 1.29 is 14.3 Å². The van der Waals surface area contributed by atoms with Crippen LogP contribution in [-0.4, -0.2) is 64.6 Å². The van der Waals surface area contributed by atoms with Gasteiger partial charge < -0.3 is 9.47 Å². The van der Waals surface area contributed by atoms with E-state index in [1.165, 1.54) is 0 Å². The molecule has 1 unspecified atom stereocenters. The van der Waals surface area contributed by atoms with E-state index in [4.69, 9.17) is 14.5 Å². The van der Waals surface area contributed by atoms with Gasteiger partial charge in [-0.1, -0.05) is 6.07 Å². The molecule has 0 aliphatic carbocycles. The maximum Gasteiger partial charge on any atom is 0.339 e. The number of hydrogen-bond donors (Lipinski definition) is 0. The molecule has 0 saturated carbocycles. The SMILES string of the molecule is Cc1nn(C)c2nc(-c3cccs3)cc(C(=O)OCCN3CCOCC3C)c12. The summed E-state index contributed by atoms with van der Waals surface area (Å²) in [5.41, 5.74) is 2.75. The molecular weight excluding hydrogens is 376 g/mol. The van der Waals surface area contributed by atoms with Gasteiger partial charge in [-0.15, -0.1) is 11.3 Å². The van der Waals surface area contributed by atoms with E-state index in [0.29, 0.717) is 30.4 Å². The fourth-order valence-electron chi connectivity index (χ4n) is 3.58. The minimum atomic E-state index is -0.331. The van der Waals surface area contributed by atoms with Gasteiger partial charge in [-0.05, 0) is 31.4 Å². The first-order valence-electron chi connectivity index (χ1n) is 9.41. The highest BCUT2D eigenvalue weighted by Crippen LogP contribution is 2.29. The third kappa shape index (κ3) is 3.67. The van der Waals surface area contributed by atoms with Crippen LogP contribution in [0, 0.1) is 6.92 Å². The first kappa shape index (κ1) is 19.0. The molecule has 1 atom stereocenters. The van der Waals surface area contributed by atoms with Crippen molar-refractivity contribution in [1.82, 2.24) is 19.7 Å². The topological polar surface area (TPSA) is 69.5 Å². The average molecular weight is 401 g/mol. The molecule has 7 nitrogen and oxygen atoms in total. The number of aryl methyl sites for hydroxylation is 2. The smallest absolute Gasteiger partial charge is 0.339 e. The van der Waals surface area contributed by atoms with Crippen molar-refractivity contribution in [3.63, 3.8) is 0 Å². The molecule has 0 amide bonds. The van der Waals surface area contributed by atoms with Crippen LogP contribution in [-0.2, 0) is 16.5 Å². The van der Waals surface area contributed by atoms with Gasteiger partial charge in [0.05, 0.1) is 40.4 Å². The molecule has 28 heavy (non-hydrogen) atoms. The Morgan fingerprint density at radius 3 is 3.07 bits per heavy atom. The van der Waals surface area contributed by atoms with Gasteiger partial charge in [-0.3, -0.25) is 9.58 Å². The summed E-state index contributed by atoms with van der Waals surface area (Å²) in [6.07, 6.45) is 0. The van der Waals surface area contributed by atoms with E-state index >= 15 is 0 Å². The standard InChI is InChI=1S/C20H24N4O3S/c1-13-12-26-8-6-24(13)7-9-27-20(25)15-11-16(17-5-4-10-28-17)21-19-18(15)14(2)22-23(19)3/h4-5,10-11,13H,6-9,12H2,1-3H3. The lowest BCUT2D eigenvalue weighted by Crippen LogP contribution is -2.45. The molecule has 1 aliphatic heterocycles. The summed E-state index contributed by atoms with van der Waals surface area (Å²) >= 11 is 1.59. The number of hydrogen-bond acceptors (Lipinski definition) is 7. The maximum atomic E-state index is 12.9. The number of carbonyl (C=O) groups is 1. The Morgan fingerprint density at radius 2 is 2.32 bits per heavy atom. The van der Waals surface area contributed by atoms with Gasteiger partial charge in [0.25, 0.3) is 0 Å². The molecule has 3 aromatic heterocycles. The molecule has 148 valence electrons. The normalized spacial score (nSPS) is 17.9. The van der Waals surface area contributed by atoms with E-state index in [-0.39, 0.29) is 5.97 Å². The Labute approximate surface area is 167 Å². The lowest BCUT2D eigenvalue weighted by Gasteiger charge is -2.32. The summed E-state index contributed by atoms with van der Waals surface area (Å²) in [6, 6.07) is 6.13. The van der Waals surface area contributed by atoms with E-state index in [2.05, 4.69) is 16.9 Å². The highest BCUT2D eigenvalue weighted by molar-refractivity contribution is 7.13. The number of ether oxygens (including phenoxy) is 2. The zero-order valence-corrected chi connectivity index (χ0v) is 17.2. The summed E-state index contributed by atoms with van der Waals surface area (Å²) in [5.74, 6) is -0.331. The summed E-state index contributed by atoms with van der Waals surface area (Å²) < 4.78 is 12.8. The Hall–Kier alpha value is -2.29. The number of esters is 1. The first-order valence-corrected chi connectivity index (χ1v) is 10.3. The van der Waals surface area contributed by atoms with Crippen LogP contribution in [0.3, 0.4) is 0 Å². The van der Waals surface area contributed by atoms with Gasteiger partial charge >= 0.3 is 5.97 Å². The average Bonchev–Trinajstić information content (AvgIpc) is 3.31. The summed E-state index contributed by atoms with van der Waals surface area (Å²) in [5, 5.41) is 7.20. The van der Waals surface area contributed by atoms with Gasteiger partial charge in [0, 0.05) is 26.2 Å². The van der Waals surface area contributed by atoms with Gasteiger partial charge in [0.15, 0.2) is 5.65 Å². The lowest BCUT2D eigenvalue weighted by atomic mass is 10.1. The zero-order valence-electron chi connectivity index (χ0n) is 16.3. The van der Waals surface area contributed by atoms with E-state index in [9.17, 15) is 4.79 Å². The van der Waals surface area contributed by atoms with E-state index in [1.807, 2.05) is 37.6 Å². The Morgan fingerprint density at radius 1 is 1.46 bits per heavy atom. The molecule has 3 aromatic rings. The molecule has 0 N–H and O–H groups in total. The van der Waals surface area contributed by atoms with Gasteiger partial charge in [-0.2, -0.15) is 5.10 Å². The molecular formula is C20H24N4O3S. The second-order valence-corrected chi connectivity index (χ2v) is 7.98. The number of pyridine rings is 1. The van der Waals surface area contributed by atoms with Gasteiger partial charge in [0.1, 0.15) is 6.61 Å². The van der Waals surface area contributed by atoms with Crippen LogP contribution < -0.4 is 0 Å². The Bertz CT molecular complexity index is 983. The number of fused-ring (bicyclic) bond motifs is 1. The van der Waals surface area contributed by atoms with Crippen molar-refractivity contribution in [2.24, 2.45) is 7.05 Å². The van der Waals surface area contributed by atoms with Crippen molar-refractivity contribution >= 4 is 28.3 Å². The van der Waals surface area contributed by atoms with Crippen LogP contribution in [0.15, 0.2) is 23.6 Å². The number of aromatic nitrogens is 3. The quantitative estimate of drug-likeness (QED) is 0.614. The van der Waals surface area contributed by atoms with Crippen molar-refractivity contribution in [3.8, 4) is 10.6 Å². The zero-order chi connectivity index (χ0) is 19.7. The number of rotatable bonds is 5. The van der Waals surface area contributed by atoms with E-state index in [1.54, 1.807) is 16.0 Å². The first-order chi connectivity index (χ1) is 13.5. The van der Waals surface area contributed by atoms with Gasteiger partial charge in [-0.25, -0.2) is 9.78 Å². The minimum Gasteiger partial charge on any atom is -0.461 e. The number of carbonyl (C=O) groups excluding carboxylic acids is 1. The molecule has 1 aliphatic rings. The van der Waals surface area contributed by atoms with Crippen LogP contribution in [0.5, 0.6) is 0 Å². The summed E-state index contributed by atoms with van der Waals surface area (Å²) in [4.78, 5) is 21.0. The van der Waals surface area contributed by atoms with E-state index < -0.39 is 0 Å². The highest BCUT2D eigenvalue weighted by Gasteiger charge is 2.22. The van der Waals surface area contributed by atoms with Crippen molar-refractivity contribution in [2.45, 2.75) is 19.9 Å². The van der Waals surface area contributed by atoms with Crippen LogP contribution in [0.4, 0.5) is 0 Å². The van der Waals surface area contributed by atoms with Crippen molar-refractivity contribution in [3.05, 3.63) is 34.8 Å². The van der Waals surface area contributed by atoms with Crippen molar-refractivity contribution in [1.29, 1.82) is 0 Å². The maximum absolute atomic E-state index is 12.9. The second-order valence-electron chi connectivity index (χ2n) is 7.04. The molecule has 4 rings (SSSR count). The van der Waals surface area contributed by atoms with Crippen LogP contribution in [0.25, 0.3) is 21.6 Å². The van der Waals surface area contributed by atoms with Gasteiger partial charge in [0.2, 0.25) is 0 Å². The largest absolute Gasteiger partial charge is 0.461 e. The summed E-state index contributed by atoms with van der Waals surface area (Å²) in [6.45, 7) is 7.37. The van der Waals surface area contributed by atoms with Crippen LogP contribution >= 0.6 is 11.3 Å². The molecule has 4 heterocycles. The molecule has 8 heteroatoms. The minimum absolute atomic E-state index is 0.331. The second kappa shape index (κ2) is 7.98. The molecule has 0 aromatic carbocycles. The highest BCUT2D eigenvalue weighted by atomic mass is 32.1. The molecule has 0 bridgehead atoms. The monoisotopic (exact) mass is 400 g/mol. The predicted molar refractivity (Wildman–Crippen MR) is 109 cm³/mol. The third-order valence-corrected chi connectivity index (χ3v) is 5.97. The number of thiophene rings is 1. The fraction of sp³-hybridized carbons (Fsp3) is 0.450. The third-order valence-electron chi connectivity index (χ3n) is 5.08. The molecule has 0 spiro atoms. The van der Waals surface area contributed by atoms with E-state index in [0.717, 1.165) is 41.4 Å². The predicted octanol–water partition coefficient (Wildman–Crippen LogP) is 2.88. The molecule has 1 saturated heterocycles. The number of morpholine rings is 1. The Balaban J connectivity index is 1.58. The van der Waals surface area contributed by atoms with Crippen LogP contribution in [0.1, 0.15) is 23.0 Å².